The maximum absolute atomic E-state index is 12.6. The molecule has 1 aliphatic rings. The Morgan fingerprint density at radius 3 is 2.69 bits per heavy atom. The van der Waals surface area contributed by atoms with E-state index in [4.69, 9.17) is 4.84 Å². The molecule has 2 atom stereocenters. The molecule has 0 aliphatic carbocycles. The van der Waals surface area contributed by atoms with E-state index in [0.29, 0.717) is 20.9 Å². The van der Waals surface area contributed by atoms with Crippen LogP contribution in [0.1, 0.15) is 18.9 Å². The molecule has 1 aromatic carbocycles. The van der Waals surface area contributed by atoms with Crippen LogP contribution in [0.3, 0.4) is 0 Å². The van der Waals surface area contributed by atoms with Crippen LogP contribution in [0.25, 0.3) is 10.9 Å². The number of nitrogens with zero attached hydrogens (tertiary/aromatic N) is 2. The molecule has 0 bridgehead atoms. The molecular formula is C16H12BrF3N2O6S. The number of aliphatic carboxylic acids is 1. The maximum Gasteiger partial charge on any atom is 0.523 e. The number of rotatable bonds is 5. The monoisotopic (exact) mass is 496 g/mol. The molecule has 0 spiro atoms. The SMILES string of the molecule is CC(OS(=O)(=O)C(F)(F)F)C1(C(=O)O)CC(c2ccc3ncc(Br)cc3c2)=NO1. The molecule has 2 heterocycles. The highest BCUT2D eigenvalue weighted by atomic mass is 79.9. The van der Waals surface area contributed by atoms with Crippen molar-refractivity contribution in [3.63, 3.8) is 0 Å². The molecule has 2 unspecified atom stereocenters. The second-order valence-corrected chi connectivity index (χ2v) is 8.68. The Labute approximate surface area is 170 Å². The van der Waals surface area contributed by atoms with Crippen molar-refractivity contribution in [2.45, 2.75) is 30.6 Å². The van der Waals surface area contributed by atoms with Crippen LogP contribution < -0.4 is 0 Å². The van der Waals surface area contributed by atoms with Crippen molar-refractivity contribution in [1.29, 1.82) is 0 Å². The minimum absolute atomic E-state index is 0.106. The number of halogens is 4. The predicted molar refractivity (Wildman–Crippen MR) is 97.6 cm³/mol. The summed E-state index contributed by atoms with van der Waals surface area (Å²) >= 11 is 3.28. The Kier molecular flexibility index (Phi) is 5.34. The Balaban J connectivity index is 1.91. The fraction of sp³-hybridized carbons (Fsp3) is 0.312. The average Bonchev–Trinajstić information content (AvgIpc) is 3.06. The van der Waals surface area contributed by atoms with Crippen molar-refractivity contribution < 1.29 is 40.5 Å². The number of carboxylic acid groups (broad SMARTS) is 1. The second-order valence-electron chi connectivity index (χ2n) is 6.20. The largest absolute Gasteiger partial charge is 0.523 e. The quantitative estimate of drug-likeness (QED) is 0.499. The van der Waals surface area contributed by atoms with Gasteiger partial charge < -0.3 is 9.94 Å². The molecule has 0 saturated carbocycles. The lowest BCUT2D eigenvalue weighted by molar-refractivity contribution is -0.174. The first-order valence-corrected chi connectivity index (χ1v) is 10.1. The van der Waals surface area contributed by atoms with E-state index in [-0.39, 0.29) is 5.71 Å². The molecule has 0 saturated heterocycles. The molecule has 0 fully saturated rings. The second kappa shape index (κ2) is 7.22. The molecule has 29 heavy (non-hydrogen) atoms. The number of aromatic nitrogens is 1. The van der Waals surface area contributed by atoms with E-state index in [1.54, 1.807) is 30.5 Å². The summed E-state index contributed by atoms with van der Waals surface area (Å²) < 4.78 is 65.1. The van der Waals surface area contributed by atoms with Gasteiger partial charge in [-0.1, -0.05) is 11.2 Å². The fourth-order valence-electron chi connectivity index (χ4n) is 2.72. The summed E-state index contributed by atoms with van der Waals surface area (Å²) in [5, 5.41) is 13.9. The number of carboxylic acids is 1. The minimum atomic E-state index is -6.03. The van der Waals surface area contributed by atoms with Gasteiger partial charge in [0.1, 0.15) is 6.10 Å². The van der Waals surface area contributed by atoms with Gasteiger partial charge in [0.25, 0.3) is 5.60 Å². The van der Waals surface area contributed by atoms with Crippen LogP contribution in [-0.2, 0) is 23.9 Å². The first-order chi connectivity index (χ1) is 13.4. The zero-order chi connectivity index (χ0) is 21.6. The van der Waals surface area contributed by atoms with Crippen molar-refractivity contribution in [2.75, 3.05) is 0 Å². The van der Waals surface area contributed by atoms with Gasteiger partial charge in [-0.25, -0.2) is 4.79 Å². The molecule has 1 aliphatic heterocycles. The van der Waals surface area contributed by atoms with Gasteiger partial charge in [0.05, 0.1) is 17.6 Å². The van der Waals surface area contributed by atoms with Crippen molar-refractivity contribution in [3.05, 3.63) is 40.5 Å². The molecule has 1 N–H and O–H groups in total. The van der Waals surface area contributed by atoms with Crippen LogP contribution in [-0.4, -0.2) is 47.4 Å². The average molecular weight is 497 g/mol. The molecule has 156 valence electrons. The van der Waals surface area contributed by atoms with Crippen molar-refractivity contribution >= 4 is 48.6 Å². The van der Waals surface area contributed by atoms with Gasteiger partial charge >= 0.3 is 21.6 Å². The zero-order valence-corrected chi connectivity index (χ0v) is 16.9. The number of carbonyl (C=O) groups is 1. The highest BCUT2D eigenvalue weighted by molar-refractivity contribution is 9.10. The zero-order valence-electron chi connectivity index (χ0n) is 14.5. The van der Waals surface area contributed by atoms with E-state index >= 15 is 0 Å². The summed E-state index contributed by atoms with van der Waals surface area (Å²) in [5.41, 5.74) is -6.96. The Hall–Kier alpha value is -2.25. The topological polar surface area (TPSA) is 115 Å². The molecule has 1 aromatic heterocycles. The van der Waals surface area contributed by atoms with E-state index < -0.39 is 39.7 Å². The van der Waals surface area contributed by atoms with Crippen molar-refractivity contribution in [1.82, 2.24) is 4.98 Å². The lowest BCUT2D eigenvalue weighted by Crippen LogP contribution is -2.51. The maximum atomic E-state index is 12.6. The highest BCUT2D eigenvalue weighted by Gasteiger charge is 2.57. The van der Waals surface area contributed by atoms with Crippen LogP contribution in [0.4, 0.5) is 13.2 Å². The van der Waals surface area contributed by atoms with Crippen molar-refractivity contribution in [3.8, 4) is 0 Å². The number of fused-ring (bicyclic) bond motifs is 1. The number of hydrogen-bond donors (Lipinski definition) is 1. The smallest absolute Gasteiger partial charge is 0.478 e. The minimum Gasteiger partial charge on any atom is -0.478 e. The molecular weight excluding hydrogens is 485 g/mol. The van der Waals surface area contributed by atoms with Gasteiger partial charge in [-0.2, -0.15) is 21.6 Å². The summed E-state index contributed by atoms with van der Waals surface area (Å²) in [6.45, 7) is 0.858. The first kappa shape index (κ1) is 21.5. The van der Waals surface area contributed by atoms with Crippen LogP contribution in [0.2, 0.25) is 0 Å². The third-order valence-corrected chi connectivity index (χ3v) is 5.85. The molecule has 3 rings (SSSR count). The van der Waals surface area contributed by atoms with Gasteiger partial charge in [0.15, 0.2) is 0 Å². The standard InChI is InChI=1S/C16H12BrF3N2O6S/c1-8(27-29(25,26)16(18,19)20)15(14(23)24)6-13(22-28-15)9-2-3-12-10(4-9)5-11(17)7-21-12/h2-5,7-8H,6H2,1H3,(H,23,24). The van der Waals surface area contributed by atoms with Crippen LogP contribution in [0.15, 0.2) is 40.1 Å². The summed E-state index contributed by atoms with van der Waals surface area (Å²) in [6.07, 6.45) is -0.929. The third-order valence-electron chi connectivity index (χ3n) is 4.30. The van der Waals surface area contributed by atoms with Gasteiger partial charge in [-0.05, 0) is 41.1 Å². The van der Waals surface area contributed by atoms with Gasteiger partial charge in [0.2, 0.25) is 0 Å². The number of alkyl halides is 3. The third kappa shape index (κ3) is 3.94. The van der Waals surface area contributed by atoms with Crippen molar-refractivity contribution in [2.24, 2.45) is 5.16 Å². The number of benzene rings is 1. The Morgan fingerprint density at radius 2 is 2.07 bits per heavy atom. The van der Waals surface area contributed by atoms with E-state index in [0.717, 1.165) is 6.92 Å². The summed E-state index contributed by atoms with van der Waals surface area (Å²) in [4.78, 5) is 20.9. The highest BCUT2D eigenvalue weighted by Crippen LogP contribution is 2.36. The van der Waals surface area contributed by atoms with Gasteiger partial charge in [-0.15, -0.1) is 0 Å². The summed E-state index contributed by atoms with van der Waals surface area (Å²) in [7, 11) is -6.03. The number of hydrogen-bond acceptors (Lipinski definition) is 7. The fourth-order valence-corrected chi connectivity index (χ4v) is 3.71. The Bertz CT molecular complexity index is 1120. The molecule has 8 nitrogen and oxygen atoms in total. The number of oxime groups is 1. The van der Waals surface area contributed by atoms with Gasteiger partial charge in [-0.3, -0.25) is 9.17 Å². The molecule has 0 amide bonds. The molecule has 2 aromatic rings. The summed E-state index contributed by atoms with van der Waals surface area (Å²) in [6, 6.07) is 6.63. The first-order valence-electron chi connectivity index (χ1n) is 7.89. The van der Waals surface area contributed by atoms with Crippen LogP contribution >= 0.6 is 15.9 Å². The lowest BCUT2D eigenvalue weighted by atomic mass is 9.89. The molecule has 13 heteroatoms. The van der Waals surface area contributed by atoms with E-state index in [1.165, 1.54) is 0 Å². The number of pyridine rings is 1. The summed E-state index contributed by atoms with van der Waals surface area (Å²) in [5.74, 6) is -1.72. The van der Waals surface area contributed by atoms with E-state index in [2.05, 4.69) is 30.3 Å². The Morgan fingerprint density at radius 1 is 1.38 bits per heavy atom. The van der Waals surface area contributed by atoms with E-state index in [9.17, 15) is 31.5 Å². The lowest BCUT2D eigenvalue weighted by Gasteiger charge is -2.27. The van der Waals surface area contributed by atoms with Crippen LogP contribution in [0, 0.1) is 0 Å². The van der Waals surface area contributed by atoms with Crippen LogP contribution in [0.5, 0.6) is 0 Å². The molecule has 0 radical (unpaired) electrons. The normalized spacial score (nSPS) is 20.9. The van der Waals surface area contributed by atoms with E-state index in [1.807, 2.05) is 0 Å². The van der Waals surface area contributed by atoms with Gasteiger partial charge in [0, 0.05) is 21.6 Å². The predicted octanol–water partition coefficient (Wildman–Crippen LogP) is 3.20.